The van der Waals surface area contributed by atoms with E-state index < -0.39 is 0 Å². The molecule has 25 heavy (non-hydrogen) atoms. The Morgan fingerprint density at radius 2 is 1.88 bits per heavy atom. The number of nitrogens with one attached hydrogen (secondary N) is 2. The Morgan fingerprint density at radius 3 is 2.44 bits per heavy atom. The van der Waals surface area contributed by atoms with Crippen LogP contribution in [-0.4, -0.2) is 24.0 Å². The Labute approximate surface area is 150 Å². The smallest absolute Gasteiger partial charge is 0.225 e. The molecule has 1 heterocycles. The normalized spacial score (nSPS) is 10.4. The van der Waals surface area contributed by atoms with Gasteiger partial charge in [-0.1, -0.05) is 6.92 Å². The van der Waals surface area contributed by atoms with Crippen LogP contribution >= 0.6 is 0 Å². The summed E-state index contributed by atoms with van der Waals surface area (Å²) in [4.78, 5) is 18.2. The molecule has 0 radical (unpaired) electrons. The summed E-state index contributed by atoms with van der Waals surface area (Å²) in [7, 11) is 0. The SMILES string of the molecule is CCCC(=O)Nc1ccc(Nc2ccc(N(CC)CC)cc2C)cn1. The molecule has 2 rings (SSSR count). The lowest BCUT2D eigenvalue weighted by atomic mass is 10.1. The molecule has 0 spiro atoms. The summed E-state index contributed by atoms with van der Waals surface area (Å²) in [5.41, 5.74) is 4.37. The molecule has 0 saturated carbocycles. The van der Waals surface area contributed by atoms with Crippen LogP contribution in [0.15, 0.2) is 36.5 Å². The van der Waals surface area contributed by atoms with Crippen molar-refractivity contribution in [3.63, 3.8) is 0 Å². The van der Waals surface area contributed by atoms with E-state index >= 15 is 0 Å². The minimum absolute atomic E-state index is 0.00135. The molecule has 0 unspecified atom stereocenters. The highest BCUT2D eigenvalue weighted by Gasteiger charge is 2.06. The number of nitrogens with zero attached hydrogens (tertiary/aromatic N) is 2. The third-order valence-electron chi connectivity index (χ3n) is 4.13. The van der Waals surface area contributed by atoms with Crippen molar-refractivity contribution in [2.24, 2.45) is 0 Å². The fourth-order valence-corrected chi connectivity index (χ4v) is 2.70. The Hall–Kier alpha value is -2.56. The van der Waals surface area contributed by atoms with Crippen LogP contribution in [-0.2, 0) is 4.79 Å². The van der Waals surface area contributed by atoms with E-state index in [1.54, 1.807) is 6.20 Å². The molecule has 0 bridgehead atoms. The molecular formula is C20H28N4O. The summed E-state index contributed by atoms with van der Waals surface area (Å²) in [6.45, 7) is 10.4. The van der Waals surface area contributed by atoms with Crippen LogP contribution in [0.25, 0.3) is 0 Å². The highest BCUT2D eigenvalue weighted by atomic mass is 16.1. The number of aryl methyl sites for hydroxylation is 1. The van der Waals surface area contributed by atoms with Gasteiger partial charge in [-0.05, 0) is 63.1 Å². The number of pyridine rings is 1. The van der Waals surface area contributed by atoms with E-state index in [2.05, 4.69) is 59.5 Å². The van der Waals surface area contributed by atoms with Gasteiger partial charge in [0.1, 0.15) is 5.82 Å². The zero-order chi connectivity index (χ0) is 18.2. The number of carbonyl (C=O) groups is 1. The summed E-state index contributed by atoms with van der Waals surface area (Å²) in [6.07, 6.45) is 3.08. The second kappa shape index (κ2) is 9.06. The van der Waals surface area contributed by atoms with Crippen molar-refractivity contribution in [1.82, 2.24) is 4.98 Å². The fourth-order valence-electron chi connectivity index (χ4n) is 2.70. The maximum absolute atomic E-state index is 11.6. The summed E-state index contributed by atoms with van der Waals surface area (Å²) in [5, 5.41) is 6.18. The second-order valence-corrected chi connectivity index (χ2v) is 6.03. The maximum atomic E-state index is 11.6. The van der Waals surface area contributed by atoms with Crippen molar-refractivity contribution in [2.75, 3.05) is 28.6 Å². The number of anilines is 4. The number of amides is 1. The highest BCUT2D eigenvalue weighted by molar-refractivity contribution is 5.89. The van der Waals surface area contributed by atoms with E-state index in [9.17, 15) is 4.79 Å². The number of benzene rings is 1. The Balaban J connectivity index is 2.05. The van der Waals surface area contributed by atoms with Crippen LogP contribution < -0.4 is 15.5 Å². The van der Waals surface area contributed by atoms with E-state index in [0.29, 0.717) is 12.2 Å². The van der Waals surface area contributed by atoms with Gasteiger partial charge in [0.05, 0.1) is 11.9 Å². The second-order valence-electron chi connectivity index (χ2n) is 6.03. The van der Waals surface area contributed by atoms with Crippen molar-refractivity contribution in [3.8, 4) is 0 Å². The lowest BCUT2D eigenvalue weighted by Crippen LogP contribution is -2.21. The van der Waals surface area contributed by atoms with Crippen molar-refractivity contribution in [3.05, 3.63) is 42.1 Å². The van der Waals surface area contributed by atoms with Gasteiger partial charge < -0.3 is 15.5 Å². The van der Waals surface area contributed by atoms with Gasteiger partial charge in [0.25, 0.3) is 0 Å². The first-order valence-electron chi connectivity index (χ1n) is 8.95. The molecule has 5 nitrogen and oxygen atoms in total. The zero-order valence-electron chi connectivity index (χ0n) is 15.6. The average molecular weight is 340 g/mol. The van der Waals surface area contributed by atoms with Crippen molar-refractivity contribution in [2.45, 2.75) is 40.5 Å². The summed E-state index contributed by atoms with van der Waals surface area (Å²) < 4.78 is 0. The van der Waals surface area contributed by atoms with Gasteiger partial charge in [0, 0.05) is 30.9 Å². The molecule has 0 aliphatic carbocycles. The molecule has 1 amide bonds. The van der Waals surface area contributed by atoms with E-state index in [4.69, 9.17) is 0 Å². The third-order valence-corrected chi connectivity index (χ3v) is 4.13. The number of carbonyl (C=O) groups excluding carboxylic acids is 1. The maximum Gasteiger partial charge on any atom is 0.225 e. The number of hydrogen-bond acceptors (Lipinski definition) is 4. The summed E-state index contributed by atoms with van der Waals surface area (Å²) in [5.74, 6) is 0.580. The van der Waals surface area contributed by atoms with E-state index in [-0.39, 0.29) is 5.91 Å². The molecule has 2 aromatic rings. The van der Waals surface area contributed by atoms with Crippen molar-refractivity contribution >= 4 is 28.8 Å². The lowest BCUT2D eigenvalue weighted by Gasteiger charge is -2.22. The third kappa shape index (κ3) is 5.21. The zero-order valence-corrected chi connectivity index (χ0v) is 15.6. The van der Waals surface area contributed by atoms with Crippen LogP contribution in [0.1, 0.15) is 39.2 Å². The fraction of sp³-hybridized carbons (Fsp3) is 0.400. The van der Waals surface area contributed by atoms with Gasteiger partial charge >= 0.3 is 0 Å². The molecule has 134 valence electrons. The van der Waals surface area contributed by atoms with Gasteiger partial charge in [-0.15, -0.1) is 0 Å². The first-order chi connectivity index (χ1) is 12.1. The highest BCUT2D eigenvalue weighted by Crippen LogP contribution is 2.25. The summed E-state index contributed by atoms with van der Waals surface area (Å²) >= 11 is 0. The molecular weight excluding hydrogens is 312 g/mol. The largest absolute Gasteiger partial charge is 0.372 e. The first kappa shape index (κ1) is 18.8. The van der Waals surface area contributed by atoms with Gasteiger partial charge in [-0.3, -0.25) is 4.79 Å². The molecule has 5 heteroatoms. The molecule has 0 aliphatic heterocycles. The average Bonchev–Trinajstić information content (AvgIpc) is 2.60. The van der Waals surface area contributed by atoms with Crippen LogP contribution in [0.2, 0.25) is 0 Å². The molecule has 1 aromatic heterocycles. The quantitative estimate of drug-likeness (QED) is 0.730. The van der Waals surface area contributed by atoms with E-state index in [1.165, 1.54) is 11.3 Å². The Morgan fingerprint density at radius 1 is 1.12 bits per heavy atom. The standard InChI is InChI=1S/C20H28N4O/c1-5-8-20(25)23-19-12-9-16(14-21-19)22-18-11-10-17(13-15(18)4)24(6-2)7-3/h9-14,22H,5-8H2,1-4H3,(H,21,23,25). The van der Waals surface area contributed by atoms with Gasteiger partial charge in [0.15, 0.2) is 0 Å². The molecule has 0 aliphatic rings. The Kier molecular flexibility index (Phi) is 6.81. The van der Waals surface area contributed by atoms with Crippen molar-refractivity contribution in [1.29, 1.82) is 0 Å². The summed E-state index contributed by atoms with van der Waals surface area (Å²) in [6, 6.07) is 10.2. The monoisotopic (exact) mass is 340 g/mol. The number of rotatable bonds is 8. The molecule has 0 fully saturated rings. The molecule has 0 saturated heterocycles. The van der Waals surface area contributed by atoms with Gasteiger partial charge in [-0.2, -0.15) is 0 Å². The molecule has 1 aromatic carbocycles. The van der Waals surface area contributed by atoms with E-state index in [1.807, 2.05) is 19.1 Å². The molecule has 0 atom stereocenters. The van der Waals surface area contributed by atoms with Gasteiger partial charge in [0.2, 0.25) is 5.91 Å². The molecule has 2 N–H and O–H groups in total. The van der Waals surface area contributed by atoms with Crippen LogP contribution in [0.3, 0.4) is 0 Å². The van der Waals surface area contributed by atoms with Gasteiger partial charge in [-0.25, -0.2) is 4.98 Å². The predicted octanol–water partition coefficient (Wildman–Crippen LogP) is 4.72. The first-order valence-corrected chi connectivity index (χ1v) is 8.95. The predicted molar refractivity (Wildman–Crippen MR) is 106 cm³/mol. The minimum atomic E-state index is -0.00135. The van der Waals surface area contributed by atoms with Crippen LogP contribution in [0.5, 0.6) is 0 Å². The van der Waals surface area contributed by atoms with Crippen LogP contribution in [0, 0.1) is 6.92 Å². The Bertz CT molecular complexity index is 693. The van der Waals surface area contributed by atoms with Crippen LogP contribution in [0.4, 0.5) is 22.9 Å². The van der Waals surface area contributed by atoms with Crippen molar-refractivity contribution < 1.29 is 4.79 Å². The lowest BCUT2D eigenvalue weighted by molar-refractivity contribution is -0.116. The van der Waals surface area contributed by atoms with E-state index in [0.717, 1.165) is 30.9 Å². The topological polar surface area (TPSA) is 57.3 Å². The number of hydrogen-bond donors (Lipinski definition) is 2. The number of aromatic nitrogens is 1. The minimum Gasteiger partial charge on any atom is -0.372 e.